The molecule has 0 saturated heterocycles. The first-order chi connectivity index (χ1) is 22.8. The zero-order valence-corrected chi connectivity index (χ0v) is 27.4. The Balaban J connectivity index is 1.26. The summed E-state index contributed by atoms with van der Waals surface area (Å²) in [6.45, 7) is 0.0423. The number of anilines is 2. The molecule has 1 aliphatic rings. The lowest BCUT2D eigenvalue weighted by Gasteiger charge is -2.30. The topological polar surface area (TPSA) is 122 Å². The van der Waals surface area contributed by atoms with Gasteiger partial charge in [0.1, 0.15) is 40.9 Å². The average molecular weight is 720 g/mol. The smallest absolute Gasteiger partial charge is 0.221 e. The number of aromatic nitrogens is 3. The molecular weight excluding hydrogens is 691 g/mol. The molecule has 5 aromatic rings. The highest BCUT2D eigenvalue weighted by molar-refractivity contribution is 9.10. The van der Waals surface area contributed by atoms with E-state index in [-0.39, 0.29) is 30.5 Å². The Kier molecular flexibility index (Phi) is 9.76. The summed E-state index contributed by atoms with van der Waals surface area (Å²) in [5.74, 6) is 1.34. The molecule has 0 spiro atoms. The Morgan fingerprint density at radius 2 is 1.94 bits per heavy atom. The summed E-state index contributed by atoms with van der Waals surface area (Å²) in [7, 11) is -0.968. The third kappa shape index (κ3) is 7.27. The van der Waals surface area contributed by atoms with Crippen molar-refractivity contribution in [3.63, 3.8) is 0 Å². The minimum Gasteiger partial charge on any atom is -0.496 e. The quantitative estimate of drug-likeness (QED) is 0.113. The Morgan fingerprint density at radius 1 is 1.04 bits per heavy atom. The maximum atomic E-state index is 13.6. The predicted molar refractivity (Wildman–Crippen MR) is 179 cm³/mol. The van der Waals surface area contributed by atoms with Gasteiger partial charge in [-0.05, 0) is 76.1 Å². The number of methoxy groups -OCH3 is 1. The van der Waals surface area contributed by atoms with Gasteiger partial charge in [0, 0.05) is 35.3 Å². The third-order valence-electron chi connectivity index (χ3n) is 7.48. The zero-order chi connectivity index (χ0) is 32.8. The van der Waals surface area contributed by atoms with Gasteiger partial charge in [-0.25, -0.2) is 14.4 Å². The maximum absolute atomic E-state index is 13.6. The number of rotatable bonds is 12. The van der Waals surface area contributed by atoms with Crippen LogP contribution in [0.25, 0.3) is 10.9 Å². The maximum Gasteiger partial charge on any atom is 0.221 e. The van der Waals surface area contributed by atoms with Gasteiger partial charge in [-0.1, -0.05) is 18.2 Å². The van der Waals surface area contributed by atoms with Crippen LogP contribution in [-0.4, -0.2) is 48.6 Å². The number of ether oxygens (including phenoxy) is 4. The number of hydrogen-bond acceptors (Lipinski definition) is 10. The molecule has 1 unspecified atom stereocenters. The average Bonchev–Trinajstić information content (AvgIpc) is 3.56. The minimum atomic E-state index is -2.53. The van der Waals surface area contributed by atoms with Gasteiger partial charge in [-0.15, -0.1) is 0 Å². The van der Waals surface area contributed by atoms with Crippen molar-refractivity contribution in [2.75, 3.05) is 25.6 Å². The molecule has 1 atom stereocenters. The lowest BCUT2D eigenvalue weighted by molar-refractivity contribution is -0.0373. The molecule has 47 heavy (non-hydrogen) atoms. The summed E-state index contributed by atoms with van der Waals surface area (Å²) in [6, 6.07) is 20.5. The first kappa shape index (κ1) is 32.1. The van der Waals surface area contributed by atoms with Gasteiger partial charge in [0.25, 0.3) is 0 Å². The fraction of sp³-hybridized carbons (Fsp3) is 0.176. The Bertz CT molecular complexity index is 2080. The molecule has 1 aliphatic heterocycles. The Hall–Kier alpha value is -4.85. The lowest BCUT2D eigenvalue weighted by atomic mass is 9.90. The van der Waals surface area contributed by atoms with Crippen LogP contribution in [0.1, 0.15) is 23.2 Å². The van der Waals surface area contributed by atoms with Crippen LogP contribution in [0.15, 0.2) is 102 Å². The third-order valence-corrected chi connectivity index (χ3v) is 8.83. The summed E-state index contributed by atoms with van der Waals surface area (Å²) in [5.41, 5.74) is 2.07. The van der Waals surface area contributed by atoms with Crippen molar-refractivity contribution in [2.24, 2.45) is 0 Å². The molecule has 3 aromatic carbocycles. The van der Waals surface area contributed by atoms with E-state index in [1.54, 1.807) is 55.8 Å². The molecule has 0 fully saturated rings. The van der Waals surface area contributed by atoms with Crippen LogP contribution in [0.2, 0.25) is 0 Å². The SMILES string of the molecule is COc1cc2ncnc(Nc3ccc(OCc4cccc(F)c4)c(Br)c3)c2cc1C1(COCC(c2ccccn2)=S(=O)=O)CC=CO1. The molecule has 2 aromatic heterocycles. The molecule has 0 saturated carbocycles. The van der Waals surface area contributed by atoms with Crippen LogP contribution in [0.5, 0.6) is 11.5 Å². The zero-order valence-electron chi connectivity index (χ0n) is 25.0. The Labute approximate surface area is 279 Å². The van der Waals surface area contributed by atoms with Gasteiger partial charge in [0.15, 0.2) is 5.60 Å². The van der Waals surface area contributed by atoms with Crippen molar-refractivity contribution >= 4 is 53.5 Å². The minimum absolute atomic E-state index is 0.0237. The van der Waals surface area contributed by atoms with E-state index in [9.17, 15) is 12.8 Å². The van der Waals surface area contributed by atoms with Crippen LogP contribution in [0.4, 0.5) is 15.9 Å². The highest BCUT2D eigenvalue weighted by atomic mass is 79.9. The number of nitrogens with zero attached hydrogens (tertiary/aromatic N) is 3. The second kappa shape index (κ2) is 14.3. The summed E-state index contributed by atoms with van der Waals surface area (Å²) in [5, 5.41) is 4.06. The second-order valence-corrected chi connectivity index (χ2v) is 12.4. The van der Waals surface area contributed by atoms with Crippen LogP contribution in [0, 0.1) is 5.82 Å². The summed E-state index contributed by atoms with van der Waals surface area (Å²) in [6.07, 6.45) is 6.91. The van der Waals surface area contributed by atoms with E-state index in [0.717, 1.165) is 11.3 Å². The summed E-state index contributed by atoms with van der Waals surface area (Å²) < 4.78 is 62.0. The van der Waals surface area contributed by atoms with E-state index >= 15 is 0 Å². The number of hydrogen-bond donors (Lipinski definition) is 1. The van der Waals surface area contributed by atoms with Crippen LogP contribution in [-0.2, 0) is 32.0 Å². The van der Waals surface area contributed by atoms with E-state index in [0.29, 0.717) is 50.4 Å². The van der Waals surface area contributed by atoms with Gasteiger partial charge >= 0.3 is 0 Å². The van der Waals surface area contributed by atoms with Crippen LogP contribution in [0.3, 0.4) is 0 Å². The molecule has 0 amide bonds. The lowest BCUT2D eigenvalue weighted by Crippen LogP contribution is -2.33. The van der Waals surface area contributed by atoms with Gasteiger partial charge in [0.2, 0.25) is 10.3 Å². The second-order valence-electron chi connectivity index (χ2n) is 10.5. The normalized spacial score (nSPS) is 15.3. The Morgan fingerprint density at radius 3 is 2.66 bits per heavy atom. The molecule has 10 nitrogen and oxygen atoms in total. The van der Waals surface area contributed by atoms with Crippen molar-refractivity contribution in [3.05, 3.63) is 125 Å². The van der Waals surface area contributed by atoms with Crippen molar-refractivity contribution in [2.45, 2.75) is 18.6 Å². The van der Waals surface area contributed by atoms with E-state index in [4.69, 9.17) is 18.9 Å². The van der Waals surface area contributed by atoms with Crippen LogP contribution < -0.4 is 14.8 Å². The number of nitrogens with one attached hydrogen (secondary N) is 1. The van der Waals surface area contributed by atoms with E-state index in [1.807, 2.05) is 24.3 Å². The van der Waals surface area contributed by atoms with E-state index in [1.165, 1.54) is 24.7 Å². The first-order valence-electron chi connectivity index (χ1n) is 14.4. The fourth-order valence-electron chi connectivity index (χ4n) is 5.18. The molecule has 0 radical (unpaired) electrons. The summed E-state index contributed by atoms with van der Waals surface area (Å²) in [4.78, 5) is 13.2. The van der Waals surface area contributed by atoms with E-state index < -0.39 is 15.9 Å². The highest BCUT2D eigenvalue weighted by Gasteiger charge is 2.39. The van der Waals surface area contributed by atoms with Crippen LogP contribution >= 0.6 is 15.9 Å². The molecule has 0 bridgehead atoms. The molecular formula is C34H28BrFN4O6S. The number of pyridine rings is 1. The number of fused-ring (bicyclic) bond motifs is 1. The van der Waals surface area contributed by atoms with Crippen molar-refractivity contribution < 1.29 is 31.8 Å². The van der Waals surface area contributed by atoms with Gasteiger partial charge in [0.05, 0.1) is 42.3 Å². The largest absolute Gasteiger partial charge is 0.496 e. The standard InChI is InChI=1S/C34H28BrFN4O6S/c1-43-31-17-29-25(16-26(31)34(11-5-13-46-34)20-44-19-32(47(41)42)28-8-2-3-12-37-28)33(39-21-38-29)40-24-9-10-30(27(35)15-24)45-18-22-6-4-7-23(36)14-22/h2-10,12-17,21H,11,18-20H2,1H3,(H,38,39,40). The van der Waals surface area contributed by atoms with Gasteiger partial charge in [-0.3, -0.25) is 4.98 Å². The molecule has 240 valence electrons. The van der Waals surface area contributed by atoms with Gasteiger partial charge in [-0.2, -0.15) is 8.42 Å². The monoisotopic (exact) mass is 718 g/mol. The molecule has 13 heteroatoms. The summed E-state index contributed by atoms with van der Waals surface area (Å²) >= 11 is 3.57. The van der Waals surface area contributed by atoms with E-state index in [2.05, 4.69) is 36.2 Å². The van der Waals surface area contributed by atoms with Crippen molar-refractivity contribution in [1.29, 1.82) is 0 Å². The molecule has 6 rings (SSSR count). The highest BCUT2D eigenvalue weighted by Crippen LogP contribution is 2.43. The van der Waals surface area contributed by atoms with Gasteiger partial charge < -0.3 is 24.3 Å². The first-order valence-corrected chi connectivity index (χ1v) is 16.3. The van der Waals surface area contributed by atoms with Crippen molar-refractivity contribution in [3.8, 4) is 11.5 Å². The predicted octanol–water partition coefficient (Wildman–Crippen LogP) is 6.50. The molecule has 3 heterocycles. The number of benzene rings is 3. The molecule has 0 aliphatic carbocycles. The fourth-order valence-corrected chi connectivity index (χ4v) is 6.15. The van der Waals surface area contributed by atoms with Crippen molar-refractivity contribution in [1.82, 2.24) is 15.0 Å². The molecule has 1 N–H and O–H groups in total. The number of halogens is 2.